The van der Waals surface area contributed by atoms with E-state index in [-0.39, 0.29) is 27.3 Å². The van der Waals surface area contributed by atoms with Gasteiger partial charge in [0.1, 0.15) is 0 Å². The van der Waals surface area contributed by atoms with Gasteiger partial charge in [-0.2, -0.15) is 0 Å². The average molecular weight is 435 g/mol. The van der Waals surface area contributed by atoms with Crippen molar-refractivity contribution >= 4 is 51.2 Å². The molecule has 0 heterocycles. The second kappa shape index (κ2) is 12.4. The van der Waals surface area contributed by atoms with Crippen LogP contribution in [0.15, 0.2) is 24.3 Å². The number of carboxylic acid groups (broad SMARTS) is 4. The van der Waals surface area contributed by atoms with Crippen molar-refractivity contribution in [3.05, 3.63) is 24.3 Å². The van der Waals surface area contributed by atoms with Crippen LogP contribution in [-0.4, -0.2) is 51.2 Å². The summed E-state index contributed by atoms with van der Waals surface area (Å²) in [6.07, 6.45) is 1.54. The fraction of sp³-hybridized carbons (Fsp3) is 0. The van der Waals surface area contributed by atoms with Crippen LogP contribution >= 0.6 is 0 Å². The van der Waals surface area contributed by atoms with E-state index in [2.05, 4.69) is 0 Å². The van der Waals surface area contributed by atoms with Crippen LogP contribution in [0.2, 0.25) is 0 Å². The van der Waals surface area contributed by atoms with Crippen LogP contribution < -0.4 is 20.4 Å². The first-order valence-electron chi connectivity index (χ1n) is 3.45. The van der Waals surface area contributed by atoms with E-state index in [4.69, 9.17) is 0 Å². The third-order valence-electron chi connectivity index (χ3n) is 0.711. The number of carboxylic acids is 4. The zero-order valence-electron chi connectivity index (χ0n) is 8.08. The average Bonchev–Trinajstić information content (AvgIpc) is 2.12. The molecule has 9 heteroatoms. The molecular weight excluding hydrogens is 431 g/mol. The van der Waals surface area contributed by atoms with E-state index in [0.717, 1.165) is 0 Å². The Morgan fingerprint density at radius 1 is 0.529 bits per heavy atom. The Hall–Kier alpha value is -1.72. The van der Waals surface area contributed by atoms with Gasteiger partial charge in [0.15, 0.2) is 0 Å². The van der Waals surface area contributed by atoms with Crippen LogP contribution in [0.4, 0.5) is 0 Å². The Kier molecular flexibility index (Phi) is 15.0. The molecule has 0 aromatic rings. The first kappa shape index (κ1) is 20.7. The Morgan fingerprint density at radius 2 is 0.647 bits per heavy atom. The number of hydrogen-bond donors (Lipinski definition) is 0. The van der Waals surface area contributed by atoms with Gasteiger partial charge in [-0.05, 0) is 24.3 Å². The van der Waals surface area contributed by atoms with Gasteiger partial charge >= 0.3 is 0 Å². The van der Waals surface area contributed by atoms with Gasteiger partial charge in [-0.25, -0.2) is 0 Å². The van der Waals surface area contributed by atoms with E-state index >= 15 is 0 Å². The van der Waals surface area contributed by atoms with Crippen molar-refractivity contribution in [1.82, 2.24) is 0 Å². The molecule has 0 spiro atoms. The molecule has 0 aromatic heterocycles. The molecule has 0 aliphatic carbocycles. The topological polar surface area (TPSA) is 161 Å². The van der Waals surface area contributed by atoms with Crippen molar-refractivity contribution in [2.24, 2.45) is 0 Å². The molecule has 0 unspecified atom stereocenters. The van der Waals surface area contributed by atoms with E-state index < -0.39 is 23.9 Å². The third-order valence-corrected chi connectivity index (χ3v) is 0.711. The number of aliphatic carboxylic acids is 4. The summed E-state index contributed by atoms with van der Waals surface area (Å²) >= 11 is 0. The normalized spacial score (nSPS) is 8.94. The molecule has 0 saturated heterocycles. The summed E-state index contributed by atoms with van der Waals surface area (Å²) in [6.45, 7) is 0. The van der Waals surface area contributed by atoms with Gasteiger partial charge in [0, 0.05) is 27.3 Å². The predicted octanol–water partition coefficient (Wildman–Crippen LogP) is -6.30. The van der Waals surface area contributed by atoms with E-state index in [1.54, 1.807) is 0 Å². The molecule has 0 bridgehead atoms. The zero-order chi connectivity index (χ0) is 13.1. The molecular formula is C8H4O8Pb-4. The van der Waals surface area contributed by atoms with Crippen molar-refractivity contribution in [3.8, 4) is 0 Å². The first-order chi connectivity index (χ1) is 7.25. The third kappa shape index (κ3) is 31.4. The van der Waals surface area contributed by atoms with Gasteiger partial charge < -0.3 is 39.6 Å². The molecule has 0 aromatic carbocycles. The maximum atomic E-state index is 9.41. The van der Waals surface area contributed by atoms with Crippen molar-refractivity contribution in [3.63, 3.8) is 0 Å². The van der Waals surface area contributed by atoms with Gasteiger partial charge in [0.05, 0.1) is 23.9 Å². The zero-order valence-corrected chi connectivity index (χ0v) is 12.0. The van der Waals surface area contributed by atoms with E-state index in [1.807, 2.05) is 0 Å². The molecule has 0 amide bonds. The standard InChI is InChI=1S/2C4H4O4.Pb/c2*5-3(6)1-2-4(7)8;/h2*1-2H,(H,5,6)(H,7,8);/p-4/b2*2-1+;. The van der Waals surface area contributed by atoms with Crippen molar-refractivity contribution in [1.29, 1.82) is 0 Å². The minimum atomic E-state index is -1.55. The van der Waals surface area contributed by atoms with Gasteiger partial charge in [0.2, 0.25) is 0 Å². The Balaban J connectivity index is -0.000000218. The molecule has 8 nitrogen and oxygen atoms in total. The SMILES string of the molecule is O=C([O-])/C=C/C(=O)[O-].O=C([O-])/C=C/C(=O)[O-].[Pb]. The van der Waals surface area contributed by atoms with E-state index in [0.29, 0.717) is 24.3 Å². The fourth-order valence-corrected chi connectivity index (χ4v) is 0.272. The minimum Gasteiger partial charge on any atom is -0.545 e. The molecule has 0 aliphatic rings. The molecule has 0 saturated carbocycles. The predicted molar refractivity (Wildman–Crippen MR) is 44.1 cm³/mol. The summed E-state index contributed by atoms with van der Waals surface area (Å²) in [6, 6.07) is 0. The fourth-order valence-electron chi connectivity index (χ4n) is 0.272. The van der Waals surface area contributed by atoms with Crippen LogP contribution in [0.1, 0.15) is 0 Å². The number of carbonyl (C=O) groups is 4. The molecule has 17 heavy (non-hydrogen) atoms. The minimum absolute atomic E-state index is 0. The number of carbonyl (C=O) groups excluding carboxylic acids is 4. The monoisotopic (exact) mass is 436 g/mol. The summed E-state index contributed by atoms with van der Waals surface area (Å²) < 4.78 is 0. The maximum absolute atomic E-state index is 9.41. The first-order valence-corrected chi connectivity index (χ1v) is 3.45. The summed E-state index contributed by atoms with van der Waals surface area (Å²) in [7, 11) is 0. The van der Waals surface area contributed by atoms with Gasteiger partial charge in [-0.3, -0.25) is 0 Å². The molecule has 0 atom stereocenters. The van der Waals surface area contributed by atoms with E-state index in [9.17, 15) is 39.6 Å². The van der Waals surface area contributed by atoms with Gasteiger partial charge in [-0.15, -0.1) is 0 Å². The molecule has 0 N–H and O–H groups in total. The second-order valence-corrected chi connectivity index (χ2v) is 1.94. The van der Waals surface area contributed by atoms with Crippen molar-refractivity contribution in [2.45, 2.75) is 0 Å². The largest absolute Gasteiger partial charge is 0.545 e. The Morgan fingerprint density at radius 3 is 0.706 bits per heavy atom. The summed E-state index contributed by atoms with van der Waals surface area (Å²) in [5.41, 5.74) is 0. The van der Waals surface area contributed by atoms with Crippen molar-refractivity contribution < 1.29 is 39.6 Å². The van der Waals surface area contributed by atoms with Crippen LogP contribution in [0, 0.1) is 0 Å². The summed E-state index contributed by atoms with van der Waals surface area (Å²) in [5, 5.41) is 37.7. The molecule has 0 rings (SSSR count). The molecule has 0 fully saturated rings. The van der Waals surface area contributed by atoms with Crippen LogP contribution in [0.5, 0.6) is 0 Å². The molecule has 0 aliphatic heterocycles. The smallest absolute Gasteiger partial charge is 0.0643 e. The Bertz CT molecular complexity index is 277. The van der Waals surface area contributed by atoms with Crippen molar-refractivity contribution in [2.75, 3.05) is 0 Å². The van der Waals surface area contributed by atoms with Crippen LogP contribution in [-0.2, 0) is 19.2 Å². The molecule has 4 radical (unpaired) electrons. The number of rotatable bonds is 4. The number of hydrogen-bond acceptors (Lipinski definition) is 8. The van der Waals surface area contributed by atoms with E-state index in [1.165, 1.54) is 0 Å². The second-order valence-electron chi connectivity index (χ2n) is 1.94. The van der Waals surface area contributed by atoms with Crippen LogP contribution in [0.25, 0.3) is 0 Å². The Labute approximate surface area is 115 Å². The summed E-state index contributed by atoms with van der Waals surface area (Å²) in [5.74, 6) is -6.19. The van der Waals surface area contributed by atoms with Gasteiger partial charge in [0.25, 0.3) is 0 Å². The maximum Gasteiger partial charge on any atom is 0.0643 e. The summed E-state index contributed by atoms with van der Waals surface area (Å²) in [4.78, 5) is 37.7. The quantitative estimate of drug-likeness (QED) is 0.311. The molecule has 92 valence electrons. The van der Waals surface area contributed by atoms with Gasteiger partial charge in [-0.1, -0.05) is 0 Å². The van der Waals surface area contributed by atoms with Crippen LogP contribution in [0.3, 0.4) is 0 Å².